The van der Waals surface area contributed by atoms with Crippen molar-refractivity contribution in [2.45, 2.75) is 88.9 Å². The Balaban J connectivity index is 1.24. The quantitative estimate of drug-likeness (QED) is 0.291. The van der Waals surface area contributed by atoms with Crippen molar-refractivity contribution in [1.29, 1.82) is 0 Å². The molecule has 2 fully saturated rings. The number of fused-ring (bicyclic) bond motifs is 1. The molecular weight excluding hydrogens is 576 g/mol. The second-order valence-corrected chi connectivity index (χ2v) is 12.7. The molecule has 2 aromatic rings. The molecule has 244 valence electrons. The summed E-state index contributed by atoms with van der Waals surface area (Å²) < 4.78 is 5.64. The van der Waals surface area contributed by atoms with Gasteiger partial charge in [0.15, 0.2) is 5.82 Å². The van der Waals surface area contributed by atoms with Gasteiger partial charge in [-0.2, -0.15) is 4.98 Å². The van der Waals surface area contributed by atoms with Gasteiger partial charge in [-0.15, -0.1) is 0 Å². The lowest BCUT2D eigenvalue weighted by Crippen LogP contribution is -2.55. The third-order valence-electron chi connectivity index (χ3n) is 9.48. The predicted molar refractivity (Wildman–Crippen MR) is 172 cm³/mol. The van der Waals surface area contributed by atoms with Crippen molar-refractivity contribution in [2.24, 2.45) is 5.73 Å². The summed E-state index contributed by atoms with van der Waals surface area (Å²) in [5.74, 6) is 0.501. The van der Waals surface area contributed by atoms with E-state index < -0.39 is 11.5 Å². The third kappa shape index (κ3) is 6.99. The number of benzene rings is 1. The zero-order chi connectivity index (χ0) is 32.3. The number of nitrogens with one attached hydrogen (secondary N) is 2. The molecular formula is C32H46N8O5. The number of likely N-dealkylation sites (N-methyl/N-ethyl adjacent to an activating group) is 1. The molecule has 1 saturated carbocycles. The number of anilines is 4. The van der Waals surface area contributed by atoms with Gasteiger partial charge in [0.05, 0.1) is 19.0 Å². The van der Waals surface area contributed by atoms with Gasteiger partial charge in [-0.3, -0.25) is 14.4 Å². The number of ether oxygens (including phenoxy) is 1. The van der Waals surface area contributed by atoms with Gasteiger partial charge in [-0.1, -0.05) is 19.8 Å². The summed E-state index contributed by atoms with van der Waals surface area (Å²) in [5, 5.41) is 15.6. The van der Waals surface area contributed by atoms with Gasteiger partial charge < -0.3 is 40.9 Å². The summed E-state index contributed by atoms with van der Waals surface area (Å²) in [6.07, 6.45) is 8.66. The van der Waals surface area contributed by atoms with Crippen LogP contribution < -0.4 is 30.9 Å². The molecule has 1 saturated heterocycles. The van der Waals surface area contributed by atoms with Crippen molar-refractivity contribution in [3.05, 3.63) is 30.0 Å². The summed E-state index contributed by atoms with van der Waals surface area (Å²) in [7, 11) is 3.33. The normalized spacial score (nSPS) is 20.9. The van der Waals surface area contributed by atoms with Crippen molar-refractivity contribution < 1.29 is 24.2 Å². The van der Waals surface area contributed by atoms with Gasteiger partial charge in [0.2, 0.25) is 11.9 Å². The van der Waals surface area contributed by atoms with Crippen molar-refractivity contribution in [3.8, 4) is 5.75 Å². The minimum atomic E-state index is -1.25. The number of nitrogens with zero attached hydrogens (tertiary/aromatic N) is 5. The molecule has 0 bridgehead atoms. The van der Waals surface area contributed by atoms with Crippen molar-refractivity contribution in [1.82, 2.24) is 20.2 Å². The first-order valence-corrected chi connectivity index (χ1v) is 16.0. The SMILES string of the molecule is CC[C@@H]1C(=O)N(C)c2cnc(Nc3ccc(C(=O)NC4CCN(CCC(C)(N)C(=O)O)CC4)cc3OC)nc2N1C1CCCC1. The van der Waals surface area contributed by atoms with Gasteiger partial charge in [0.1, 0.15) is 23.0 Å². The number of amides is 2. The lowest BCUT2D eigenvalue weighted by atomic mass is 9.98. The average molecular weight is 623 g/mol. The fraction of sp³-hybridized carbons (Fsp3) is 0.594. The van der Waals surface area contributed by atoms with Crippen LogP contribution in [0, 0.1) is 0 Å². The molecule has 5 N–H and O–H groups in total. The van der Waals surface area contributed by atoms with Crippen LogP contribution in [0.3, 0.4) is 0 Å². The van der Waals surface area contributed by atoms with Crippen LogP contribution in [-0.2, 0) is 9.59 Å². The minimum Gasteiger partial charge on any atom is -0.495 e. The van der Waals surface area contributed by atoms with Crippen LogP contribution in [0.2, 0.25) is 0 Å². The Bertz CT molecular complexity index is 1400. The third-order valence-corrected chi connectivity index (χ3v) is 9.48. The fourth-order valence-electron chi connectivity index (χ4n) is 6.57. The van der Waals surface area contributed by atoms with E-state index in [0.29, 0.717) is 48.0 Å². The minimum absolute atomic E-state index is 0.0185. The van der Waals surface area contributed by atoms with Crippen molar-refractivity contribution in [2.75, 3.05) is 48.9 Å². The number of aromatic nitrogens is 2. The molecule has 13 heteroatoms. The van der Waals surface area contributed by atoms with E-state index in [1.54, 1.807) is 43.5 Å². The van der Waals surface area contributed by atoms with Crippen LogP contribution in [0.15, 0.2) is 24.4 Å². The van der Waals surface area contributed by atoms with Gasteiger partial charge in [-0.05, 0) is 63.6 Å². The Morgan fingerprint density at radius 1 is 1.18 bits per heavy atom. The van der Waals surface area contributed by atoms with Crippen LogP contribution in [0.4, 0.5) is 23.1 Å². The molecule has 0 radical (unpaired) electrons. The molecule has 5 rings (SSSR count). The number of hydrogen-bond donors (Lipinski definition) is 4. The first-order valence-electron chi connectivity index (χ1n) is 16.0. The molecule has 13 nitrogen and oxygen atoms in total. The zero-order valence-corrected chi connectivity index (χ0v) is 26.7. The van der Waals surface area contributed by atoms with E-state index in [9.17, 15) is 19.5 Å². The summed E-state index contributed by atoms with van der Waals surface area (Å²) in [4.78, 5) is 53.1. The van der Waals surface area contributed by atoms with Gasteiger partial charge in [0, 0.05) is 44.3 Å². The van der Waals surface area contributed by atoms with Crippen LogP contribution in [0.25, 0.3) is 0 Å². The number of methoxy groups -OCH3 is 1. The summed E-state index contributed by atoms with van der Waals surface area (Å²) in [6.45, 7) is 5.69. The molecule has 1 unspecified atom stereocenters. The first-order chi connectivity index (χ1) is 21.5. The number of hydrogen-bond acceptors (Lipinski definition) is 10. The topological polar surface area (TPSA) is 166 Å². The maximum Gasteiger partial charge on any atom is 0.323 e. The Morgan fingerprint density at radius 2 is 1.89 bits per heavy atom. The maximum absolute atomic E-state index is 13.2. The molecule has 3 heterocycles. The second kappa shape index (κ2) is 13.6. The lowest BCUT2D eigenvalue weighted by molar-refractivity contribution is -0.143. The predicted octanol–water partition coefficient (Wildman–Crippen LogP) is 3.12. The van der Waals surface area contributed by atoms with E-state index in [4.69, 9.17) is 15.5 Å². The number of aliphatic carboxylic acids is 1. The van der Waals surface area contributed by atoms with Gasteiger partial charge >= 0.3 is 5.97 Å². The second-order valence-electron chi connectivity index (χ2n) is 12.7. The first kappa shape index (κ1) is 32.4. The maximum atomic E-state index is 13.2. The molecule has 45 heavy (non-hydrogen) atoms. The molecule has 2 atom stereocenters. The summed E-state index contributed by atoms with van der Waals surface area (Å²) in [6, 6.07) is 5.25. The van der Waals surface area contributed by atoms with Gasteiger partial charge in [0.25, 0.3) is 5.91 Å². The van der Waals surface area contributed by atoms with E-state index in [2.05, 4.69) is 25.4 Å². The highest BCUT2D eigenvalue weighted by Crippen LogP contribution is 2.40. The molecule has 2 amide bonds. The van der Waals surface area contributed by atoms with Crippen LogP contribution in [0.5, 0.6) is 5.75 Å². The number of likely N-dealkylation sites (tertiary alicyclic amines) is 1. The number of carboxylic acid groups (broad SMARTS) is 1. The largest absolute Gasteiger partial charge is 0.495 e. The zero-order valence-electron chi connectivity index (χ0n) is 26.7. The smallest absolute Gasteiger partial charge is 0.323 e. The van der Waals surface area contributed by atoms with E-state index in [-0.39, 0.29) is 29.9 Å². The molecule has 1 aromatic carbocycles. The highest BCUT2D eigenvalue weighted by molar-refractivity contribution is 6.04. The number of nitrogens with two attached hydrogens (primary N) is 1. The fourth-order valence-corrected chi connectivity index (χ4v) is 6.57. The molecule has 3 aliphatic rings. The highest BCUT2D eigenvalue weighted by Gasteiger charge is 2.41. The number of carbonyl (C=O) groups is 3. The van der Waals surface area contributed by atoms with Gasteiger partial charge in [-0.25, -0.2) is 4.98 Å². The average Bonchev–Trinajstić information content (AvgIpc) is 3.57. The van der Waals surface area contributed by atoms with Crippen molar-refractivity contribution in [3.63, 3.8) is 0 Å². The Morgan fingerprint density at radius 3 is 2.53 bits per heavy atom. The summed E-state index contributed by atoms with van der Waals surface area (Å²) in [5.41, 5.74) is 6.42. The lowest BCUT2D eigenvalue weighted by Gasteiger charge is -2.43. The number of piperidine rings is 1. The standard InChI is InChI=1S/C32H46N8O5/c1-5-24-29(42)38(3)25-19-34-31(37-27(25)40(24)22-8-6-7-9-22)36-23-11-10-20(18-26(23)45-4)28(41)35-21-12-15-39(16-13-21)17-14-32(2,33)30(43)44/h10-11,18-19,21-22,24H,5-9,12-17,33H2,1-4H3,(H,35,41)(H,43,44)(H,34,36,37)/t24-,32?/m1/s1. The number of carbonyl (C=O) groups excluding carboxylic acids is 2. The van der Waals surface area contributed by atoms with E-state index in [0.717, 1.165) is 57.4 Å². The van der Waals surface area contributed by atoms with Crippen LogP contribution in [0.1, 0.15) is 75.6 Å². The molecule has 1 aromatic heterocycles. The van der Waals surface area contributed by atoms with E-state index in [1.807, 2.05) is 6.92 Å². The Kier molecular flexibility index (Phi) is 9.78. The summed E-state index contributed by atoms with van der Waals surface area (Å²) >= 11 is 0. The van der Waals surface area contributed by atoms with E-state index >= 15 is 0 Å². The molecule has 2 aliphatic heterocycles. The highest BCUT2D eigenvalue weighted by atomic mass is 16.5. The van der Waals surface area contributed by atoms with E-state index in [1.165, 1.54) is 6.92 Å². The van der Waals surface area contributed by atoms with Crippen LogP contribution in [-0.4, -0.2) is 95.2 Å². The molecule has 0 spiro atoms. The Hall–Kier alpha value is -3.97. The van der Waals surface area contributed by atoms with Crippen LogP contribution >= 0.6 is 0 Å². The number of carboxylic acids is 1. The molecule has 1 aliphatic carbocycles. The Labute approximate surface area is 264 Å². The van der Waals surface area contributed by atoms with Crippen molar-refractivity contribution >= 4 is 40.9 Å². The number of rotatable bonds is 11. The monoisotopic (exact) mass is 622 g/mol.